The summed E-state index contributed by atoms with van der Waals surface area (Å²) in [5.74, 6) is -1.16. The topological polar surface area (TPSA) is 77.4 Å². The number of carboxylic acids is 1. The summed E-state index contributed by atoms with van der Waals surface area (Å²) in [6, 6.07) is 10.3. The lowest BCUT2D eigenvalue weighted by molar-refractivity contribution is -0.271. The summed E-state index contributed by atoms with van der Waals surface area (Å²) in [6.07, 6.45) is 3.51. The summed E-state index contributed by atoms with van der Waals surface area (Å²) < 4.78 is 2.20. The second-order valence-corrected chi connectivity index (χ2v) is 10.4. The van der Waals surface area contributed by atoms with Crippen molar-refractivity contribution < 1.29 is 19.8 Å². The summed E-state index contributed by atoms with van der Waals surface area (Å²) in [4.78, 5) is 24.0. The molecule has 142 valence electrons. The van der Waals surface area contributed by atoms with E-state index in [0.29, 0.717) is 25.4 Å². The second kappa shape index (κ2) is 9.12. The van der Waals surface area contributed by atoms with Gasteiger partial charge in [-0.25, -0.2) is 4.79 Å². The van der Waals surface area contributed by atoms with Gasteiger partial charge in [-0.1, -0.05) is 23.9 Å². The van der Waals surface area contributed by atoms with Crippen molar-refractivity contribution in [1.29, 1.82) is 0 Å². The zero-order chi connectivity index (χ0) is 20.6. The van der Waals surface area contributed by atoms with Crippen molar-refractivity contribution >= 4 is 108 Å². The fourth-order valence-corrected chi connectivity index (χ4v) is 6.31. The van der Waals surface area contributed by atoms with Gasteiger partial charge in [0.25, 0.3) is 0 Å². The van der Waals surface area contributed by atoms with Gasteiger partial charge < -0.3 is 10.2 Å². The molecule has 0 saturated heterocycles. The standard InChI is InChI=1S/C20H10I4O4/c21-13-5-9(6-14(22)18(13)25)17(10-7-15(23)19(26)16(24)8-10)11-3-1-2-4-12(11)20(27)28/h1-8,25H,(H,27,28)/p-1. The highest BCUT2D eigenvalue weighted by molar-refractivity contribution is 14.1. The minimum Gasteiger partial charge on any atom is -0.871 e. The third-order valence-corrected chi connectivity index (χ3v) is 7.21. The van der Waals surface area contributed by atoms with Crippen LogP contribution in [0.15, 0.2) is 61.3 Å². The quantitative estimate of drug-likeness (QED) is 0.405. The van der Waals surface area contributed by atoms with Crippen molar-refractivity contribution in [3.05, 3.63) is 85.1 Å². The zero-order valence-electron chi connectivity index (χ0n) is 13.8. The van der Waals surface area contributed by atoms with Crippen LogP contribution < -0.4 is 5.11 Å². The van der Waals surface area contributed by atoms with Crippen molar-refractivity contribution in [3.63, 3.8) is 0 Å². The predicted octanol–water partition coefficient (Wildman–Crippen LogP) is 5.69. The molecule has 0 aromatic heterocycles. The lowest BCUT2D eigenvalue weighted by Gasteiger charge is -2.20. The Balaban J connectivity index is 2.43. The fourth-order valence-electron chi connectivity index (χ4n) is 2.77. The first kappa shape index (κ1) is 22.2. The van der Waals surface area contributed by atoms with E-state index in [2.05, 4.69) is 0 Å². The molecule has 0 heterocycles. The van der Waals surface area contributed by atoms with Gasteiger partial charge in [-0.05, 0) is 143 Å². The van der Waals surface area contributed by atoms with Gasteiger partial charge in [0.05, 0.1) is 12.7 Å². The molecule has 2 aromatic carbocycles. The summed E-state index contributed by atoms with van der Waals surface area (Å²) in [7, 11) is 0. The van der Waals surface area contributed by atoms with E-state index < -0.39 is 5.97 Å². The lowest BCUT2D eigenvalue weighted by atomic mass is 9.88. The van der Waals surface area contributed by atoms with Crippen LogP contribution in [0.5, 0.6) is 5.75 Å². The first-order chi connectivity index (χ1) is 13.2. The Labute approximate surface area is 215 Å². The Hall–Kier alpha value is -0.480. The Morgan fingerprint density at radius 1 is 0.893 bits per heavy atom. The number of carboxylic acid groups (broad SMARTS) is 1. The van der Waals surface area contributed by atoms with Gasteiger partial charge in [0.2, 0.25) is 5.78 Å². The third kappa shape index (κ3) is 4.48. The highest BCUT2D eigenvalue weighted by atomic mass is 127. The Kier molecular flexibility index (Phi) is 7.23. The van der Waals surface area contributed by atoms with Gasteiger partial charge in [-0.15, -0.1) is 0 Å². The largest absolute Gasteiger partial charge is 0.871 e. The lowest BCUT2D eigenvalue weighted by Crippen LogP contribution is -2.08. The van der Waals surface area contributed by atoms with E-state index in [1.165, 1.54) is 0 Å². The highest BCUT2D eigenvalue weighted by Gasteiger charge is 2.22. The molecular weight excluding hydrogens is 812 g/mol. The molecule has 4 nitrogen and oxygen atoms in total. The van der Waals surface area contributed by atoms with Crippen molar-refractivity contribution in [1.82, 2.24) is 0 Å². The monoisotopic (exact) mass is 821 g/mol. The molecule has 2 aromatic rings. The zero-order valence-corrected chi connectivity index (χ0v) is 22.4. The van der Waals surface area contributed by atoms with Gasteiger partial charge in [-0.2, -0.15) is 0 Å². The maximum absolute atomic E-state index is 12.2. The van der Waals surface area contributed by atoms with Crippen LogP contribution in [0.2, 0.25) is 0 Å². The molecular formula is C20H9I4O4-. The van der Waals surface area contributed by atoms with E-state index in [1.54, 1.807) is 48.6 Å². The van der Waals surface area contributed by atoms with Gasteiger partial charge in [-0.3, -0.25) is 4.79 Å². The minimum atomic E-state index is -1.04. The first-order valence-corrected chi connectivity index (χ1v) is 12.0. The number of Topliss-reactive ketones (excluding diaryl/α,β-unsaturated/α-hetero) is 1. The van der Waals surface area contributed by atoms with E-state index in [4.69, 9.17) is 0 Å². The van der Waals surface area contributed by atoms with Crippen LogP contribution in [0, 0.1) is 7.14 Å². The van der Waals surface area contributed by atoms with Crippen molar-refractivity contribution in [2.24, 2.45) is 0 Å². The average Bonchev–Trinajstić information content (AvgIpc) is 2.64. The maximum atomic E-state index is 12.2. The third-order valence-electron chi connectivity index (χ3n) is 4.00. The molecule has 8 heteroatoms. The Morgan fingerprint density at radius 2 is 1.39 bits per heavy atom. The van der Waals surface area contributed by atoms with E-state index in [9.17, 15) is 19.8 Å². The molecule has 28 heavy (non-hydrogen) atoms. The van der Waals surface area contributed by atoms with E-state index in [0.717, 1.165) is 11.1 Å². The average molecular weight is 821 g/mol. The molecule has 0 radical (unpaired) electrons. The van der Waals surface area contributed by atoms with Gasteiger partial charge in [0, 0.05) is 7.14 Å². The Bertz CT molecular complexity index is 1070. The molecule has 0 unspecified atom stereocenters. The first-order valence-electron chi connectivity index (χ1n) is 7.73. The van der Waals surface area contributed by atoms with Crippen LogP contribution in [0.1, 0.15) is 21.5 Å². The van der Waals surface area contributed by atoms with Crippen LogP contribution >= 0.6 is 90.4 Å². The van der Waals surface area contributed by atoms with Gasteiger partial charge in [0.15, 0.2) is 0 Å². The molecule has 1 N–H and O–H groups in total. The molecule has 0 bridgehead atoms. The van der Waals surface area contributed by atoms with Crippen LogP contribution in [-0.4, -0.2) is 16.9 Å². The molecule has 0 amide bonds. The summed E-state index contributed by atoms with van der Waals surface area (Å²) in [5, 5.41) is 21.9. The van der Waals surface area contributed by atoms with Crippen molar-refractivity contribution in [2.45, 2.75) is 0 Å². The molecule has 3 rings (SSSR count). The van der Waals surface area contributed by atoms with Crippen LogP contribution in [0.4, 0.5) is 0 Å². The molecule has 0 fully saturated rings. The number of hydrogen-bond donors (Lipinski definition) is 1. The highest BCUT2D eigenvalue weighted by Crippen LogP contribution is 2.38. The van der Waals surface area contributed by atoms with E-state index in [-0.39, 0.29) is 17.1 Å². The number of aromatic carboxylic acids is 1. The SMILES string of the molecule is O=C1C(I)=CC(=C(c2cc(I)c([O-])c(I)c2)c2ccccc2C(=O)O)C=C1I. The predicted molar refractivity (Wildman–Crippen MR) is 140 cm³/mol. The number of carbonyl (C=O) groups is 2. The van der Waals surface area contributed by atoms with E-state index >= 15 is 0 Å². The Morgan fingerprint density at radius 3 is 1.89 bits per heavy atom. The number of benzene rings is 2. The fraction of sp³-hybridized carbons (Fsp3) is 0. The molecule has 1 aliphatic carbocycles. The van der Waals surface area contributed by atoms with Crippen molar-refractivity contribution in [3.8, 4) is 5.75 Å². The molecule has 0 aliphatic heterocycles. The number of rotatable bonds is 3. The smallest absolute Gasteiger partial charge is 0.336 e. The van der Waals surface area contributed by atoms with Crippen molar-refractivity contribution in [2.75, 3.05) is 0 Å². The maximum Gasteiger partial charge on any atom is 0.336 e. The van der Waals surface area contributed by atoms with Crippen LogP contribution in [0.25, 0.3) is 5.57 Å². The summed E-state index contributed by atoms with van der Waals surface area (Å²) >= 11 is 7.95. The number of carbonyl (C=O) groups excluding carboxylic acids is 1. The van der Waals surface area contributed by atoms with Crippen LogP contribution in [-0.2, 0) is 4.79 Å². The minimum absolute atomic E-state index is 0.0603. The number of allylic oxidation sites excluding steroid dienone is 5. The molecule has 0 spiro atoms. The molecule has 1 aliphatic rings. The summed E-state index contributed by atoms with van der Waals surface area (Å²) in [6.45, 7) is 0. The van der Waals surface area contributed by atoms with E-state index in [1.807, 2.05) is 90.4 Å². The number of halogens is 4. The molecule has 0 atom stereocenters. The molecule has 0 saturated carbocycles. The van der Waals surface area contributed by atoms with Crippen LogP contribution in [0.3, 0.4) is 0 Å². The number of hydrogen-bond acceptors (Lipinski definition) is 3. The van der Waals surface area contributed by atoms with Gasteiger partial charge >= 0.3 is 5.97 Å². The second-order valence-electron chi connectivity index (χ2n) is 5.76. The number of ketones is 1. The van der Waals surface area contributed by atoms with Gasteiger partial charge in [0.1, 0.15) is 0 Å². The normalized spacial score (nSPS) is 13.9. The summed E-state index contributed by atoms with van der Waals surface area (Å²) in [5.41, 5.74) is 2.82.